The summed E-state index contributed by atoms with van der Waals surface area (Å²) in [4.78, 5) is 15.8. The fourth-order valence-electron chi connectivity index (χ4n) is 2.24. The second-order valence-corrected chi connectivity index (χ2v) is 7.91. The molecule has 2 aromatic carbocycles. The van der Waals surface area contributed by atoms with E-state index in [1.807, 2.05) is 0 Å². The van der Waals surface area contributed by atoms with Crippen LogP contribution in [0.15, 0.2) is 82.0 Å². The van der Waals surface area contributed by atoms with E-state index in [1.54, 1.807) is 24.3 Å². The Bertz CT molecular complexity index is 1170. The Kier molecular flexibility index (Phi) is 8.14. The van der Waals surface area contributed by atoms with Crippen LogP contribution in [0.4, 0.5) is 17.2 Å². The molecule has 0 unspecified atom stereocenters. The average Bonchev–Trinajstić information content (AvgIpc) is 2.70. The number of aliphatic imine (C=N–C) groups is 2. The molecule has 0 fully saturated rings. The standard InChI is InChI=1S/C18H17ClN8O2S.ClH/c19-12-1-3-13(4-2-12)24-17(20)26-18(21)25-14-5-7-15(8-6-14)30(28,29)27-16-11-22-9-10-23-16;/h1-11H,(H,23,27)(H5,20,21,24,25,26);1H. The number of anilines is 2. The van der Waals surface area contributed by atoms with Gasteiger partial charge in [-0.1, -0.05) is 11.6 Å². The number of sulfonamides is 1. The Hall–Kier alpha value is -3.41. The van der Waals surface area contributed by atoms with Crippen LogP contribution in [0.2, 0.25) is 5.02 Å². The Morgan fingerprint density at radius 1 is 1.00 bits per heavy atom. The lowest BCUT2D eigenvalue weighted by Crippen LogP contribution is -2.25. The fourth-order valence-corrected chi connectivity index (χ4v) is 3.36. The van der Waals surface area contributed by atoms with Crippen LogP contribution in [0, 0.1) is 0 Å². The van der Waals surface area contributed by atoms with E-state index in [1.165, 1.54) is 42.9 Å². The van der Waals surface area contributed by atoms with Crippen molar-refractivity contribution >= 4 is 63.1 Å². The Morgan fingerprint density at radius 2 is 1.68 bits per heavy atom. The van der Waals surface area contributed by atoms with Crippen LogP contribution in [-0.2, 0) is 10.0 Å². The minimum Gasteiger partial charge on any atom is -0.369 e. The highest BCUT2D eigenvalue weighted by atomic mass is 35.5. The van der Waals surface area contributed by atoms with Crippen molar-refractivity contribution in [1.82, 2.24) is 9.97 Å². The van der Waals surface area contributed by atoms with E-state index < -0.39 is 10.0 Å². The minimum absolute atomic E-state index is 0. The second-order valence-electron chi connectivity index (χ2n) is 5.79. The summed E-state index contributed by atoms with van der Waals surface area (Å²) in [5.74, 6) is 0.0371. The molecule has 0 bridgehead atoms. The van der Waals surface area contributed by atoms with Crippen molar-refractivity contribution in [1.29, 1.82) is 0 Å². The highest BCUT2D eigenvalue weighted by molar-refractivity contribution is 7.92. The quantitative estimate of drug-likeness (QED) is 0.322. The van der Waals surface area contributed by atoms with E-state index in [0.717, 1.165) is 0 Å². The molecule has 1 heterocycles. The Morgan fingerprint density at radius 3 is 2.29 bits per heavy atom. The number of halogens is 2. The van der Waals surface area contributed by atoms with Gasteiger partial charge in [0.2, 0.25) is 11.9 Å². The maximum absolute atomic E-state index is 12.4. The molecule has 13 heteroatoms. The molecule has 10 nitrogen and oxygen atoms in total. The molecule has 6 N–H and O–H groups in total. The normalized spacial score (nSPS) is 12.0. The molecule has 0 aliphatic carbocycles. The zero-order chi connectivity index (χ0) is 21.6. The molecule has 0 aliphatic rings. The minimum atomic E-state index is -3.81. The molecule has 31 heavy (non-hydrogen) atoms. The lowest BCUT2D eigenvalue weighted by Gasteiger charge is -2.07. The summed E-state index contributed by atoms with van der Waals surface area (Å²) < 4.78 is 27.1. The van der Waals surface area contributed by atoms with Gasteiger partial charge >= 0.3 is 0 Å². The van der Waals surface area contributed by atoms with Crippen molar-refractivity contribution in [3.05, 3.63) is 72.1 Å². The van der Waals surface area contributed by atoms with Gasteiger partial charge in [-0.05, 0) is 48.5 Å². The van der Waals surface area contributed by atoms with Gasteiger partial charge in [-0.2, -0.15) is 4.99 Å². The average molecular weight is 481 g/mol. The summed E-state index contributed by atoms with van der Waals surface area (Å²) in [5.41, 5.74) is 12.7. The van der Waals surface area contributed by atoms with Crippen LogP contribution >= 0.6 is 24.0 Å². The molecular formula is C18H18Cl2N8O2S. The SMILES string of the molecule is Cl.NC(=Nc1ccc(S(=O)(=O)Nc2cnccn2)cc1)/N=C(/N)Nc1ccc(Cl)cc1. The smallest absolute Gasteiger partial charge is 0.263 e. The van der Waals surface area contributed by atoms with Gasteiger partial charge in [0.05, 0.1) is 16.8 Å². The van der Waals surface area contributed by atoms with E-state index in [4.69, 9.17) is 23.1 Å². The fraction of sp³-hybridized carbons (Fsp3) is 0. The molecular weight excluding hydrogens is 463 g/mol. The van der Waals surface area contributed by atoms with Gasteiger partial charge in [0.15, 0.2) is 5.82 Å². The van der Waals surface area contributed by atoms with E-state index in [-0.39, 0.29) is 35.0 Å². The summed E-state index contributed by atoms with van der Waals surface area (Å²) in [6.45, 7) is 0. The largest absolute Gasteiger partial charge is 0.369 e. The molecule has 0 radical (unpaired) electrons. The molecule has 0 saturated heterocycles. The lowest BCUT2D eigenvalue weighted by atomic mass is 10.3. The molecule has 1 aromatic heterocycles. The van der Waals surface area contributed by atoms with Crippen LogP contribution in [0.3, 0.4) is 0 Å². The van der Waals surface area contributed by atoms with Gasteiger partial charge in [0.25, 0.3) is 10.0 Å². The summed E-state index contributed by atoms with van der Waals surface area (Å²) in [6.07, 6.45) is 4.12. The number of hydrogen-bond donors (Lipinski definition) is 4. The third-order valence-corrected chi connectivity index (χ3v) is 5.17. The third-order valence-electron chi connectivity index (χ3n) is 3.54. The predicted octanol–water partition coefficient (Wildman–Crippen LogP) is 2.73. The monoisotopic (exact) mass is 480 g/mol. The van der Waals surface area contributed by atoms with Gasteiger partial charge in [-0.25, -0.2) is 18.4 Å². The maximum Gasteiger partial charge on any atom is 0.263 e. The van der Waals surface area contributed by atoms with Gasteiger partial charge in [0.1, 0.15) is 0 Å². The molecule has 3 rings (SSSR count). The number of nitrogens with two attached hydrogens (primary N) is 2. The predicted molar refractivity (Wildman–Crippen MR) is 125 cm³/mol. The number of nitrogens with zero attached hydrogens (tertiary/aromatic N) is 4. The van der Waals surface area contributed by atoms with Gasteiger partial charge in [-0.15, -0.1) is 12.4 Å². The highest BCUT2D eigenvalue weighted by Crippen LogP contribution is 2.18. The lowest BCUT2D eigenvalue weighted by molar-refractivity contribution is 0.601. The van der Waals surface area contributed by atoms with E-state index in [9.17, 15) is 8.42 Å². The van der Waals surface area contributed by atoms with Crippen LogP contribution in [0.5, 0.6) is 0 Å². The van der Waals surface area contributed by atoms with Crippen molar-refractivity contribution in [3.8, 4) is 0 Å². The van der Waals surface area contributed by atoms with Crippen LogP contribution < -0.4 is 21.5 Å². The van der Waals surface area contributed by atoms with Crippen LogP contribution in [0.25, 0.3) is 0 Å². The molecule has 0 amide bonds. The highest BCUT2D eigenvalue weighted by Gasteiger charge is 2.14. The van der Waals surface area contributed by atoms with Crippen molar-refractivity contribution in [2.75, 3.05) is 10.0 Å². The molecule has 0 saturated carbocycles. The maximum atomic E-state index is 12.4. The number of hydrogen-bond acceptors (Lipinski definition) is 5. The van der Waals surface area contributed by atoms with E-state index in [2.05, 4.69) is 30.0 Å². The van der Waals surface area contributed by atoms with Gasteiger partial charge < -0.3 is 16.8 Å². The Labute approximate surface area is 190 Å². The summed E-state index contributed by atoms with van der Waals surface area (Å²) in [7, 11) is -3.81. The first-order chi connectivity index (χ1) is 14.3. The van der Waals surface area contributed by atoms with Crippen LogP contribution in [-0.4, -0.2) is 30.3 Å². The van der Waals surface area contributed by atoms with Crippen molar-refractivity contribution in [2.45, 2.75) is 4.90 Å². The number of guanidine groups is 2. The molecule has 0 spiro atoms. The number of rotatable bonds is 5. The first-order valence-electron chi connectivity index (χ1n) is 8.42. The number of aromatic nitrogens is 2. The summed E-state index contributed by atoms with van der Waals surface area (Å²) in [6, 6.07) is 12.6. The van der Waals surface area contributed by atoms with Gasteiger partial charge in [0, 0.05) is 23.1 Å². The number of nitrogens with one attached hydrogen (secondary N) is 2. The van der Waals surface area contributed by atoms with Crippen molar-refractivity contribution in [2.24, 2.45) is 21.5 Å². The van der Waals surface area contributed by atoms with Crippen molar-refractivity contribution in [3.63, 3.8) is 0 Å². The topological polar surface area (TPSA) is 161 Å². The summed E-state index contributed by atoms with van der Waals surface area (Å²) in [5, 5.41) is 3.44. The van der Waals surface area contributed by atoms with E-state index in [0.29, 0.717) is 16.4 Å². The van der Waals surface area contributed by atoms with Gasteiger partial charge in [-0.3, -0.25) is 9.71 Å². The molecule has 0 atom stereocenters. The second kappa shape index (κ2) is 10.6. The molecule has 3 aromatic rings. The van der Waals surface area contributed by atoms with E-state index >= 15 is 0 Å². The third kappa shape index (κ3) is 7.10. The zero-order valence-corrected chi connectivity index (χ0v) is 18.2. The molecule has 162 valence electrons. The summed E-state index contributed by atoms with van der Waals surface area (Å²) >= 11 is 5.83. The van der Waals surface area contributed by atoms with Crippen molar-refractivity contribution < 1.29 is 8.42 Å². The first kappa shape index (κ1) is 23.9. The molecule has 0 aliphatic heterocycles. The first-order valence-corrected chi connectivity index (χ1v) is 10.3. The number of benzene rings is 2. The zero-order valence-electron chi connectivity index (χ0n) is 15.8. The Balaban J connectivity index is 0.00000341. The van der Waals surface area contributed by atoms with Crippen LogP contribution in [0.1, 0.15) is 0 Å².